The Labute approximate surface area is 212 Å². The van der Waals surface area contributed by atoms with Gasteiger partial charge in [-0.1, -0.05) is 37.3 Å². The van der Waals surface area contributed by atoms with Crippen molar-refractivity contribution in [3.05, 3.63) is 83.4 Å². The zero-order valence-electron chi connectivity index (χ0n) is 21.0. The van der Waals surface area contributed by atoms with Gasteiger partial charge in [0.2, 0.25) is 0 Å². The molecular weight excluding hydrogens is 454 g/mol. The van der Waals surface area contributed by atoms with E-state index in [1.807, 2.05) is 42.5 Å². The highest BCUT2D eigenvalue weighted by atomic mass is 16.5. The number of hydrogen-bond donors (Lipinski definition) is 2. The average Bonchev–Trinajstić information content (AvgIpc) is 2.92. The number of methoxy groups -OCH3 is 2. The van der Waals surface area contributed by atoms with Crippen LogP contribution < -0.4 is 25.0 Å². The number of ether oxygens (including phenoxy) is 2. The number of amides is 2. The Kier molecular flexibility index (Phi) is 8.10. The lowest BCUT2D eigenvalue weighted by Crippen LogP contribution is -2.35. The summed E-state index contributed by atoms with van der Waals surface area (Å²) in [4.78, 5) is 28.6. The lowest BCUT2D eigenvalue weighted by molar-refractivity contribution is 0.0950. The van der Waals surface area contributed by atoms with Gasteiger partial charge in [0.15, 0.2) is 0 Å². The molecule has 7 heteroatoms. The van der Waals surface area contributed by atoms with E-state index in [1.54, 1.807) is 24.3 Å². The van der Waals surface area contributed by atoms with E-state index in [2.05, 4.69) is 22.5 Å². The molecule has 3 aromatic rings. The Morgan fingerprint density at radius 3 is 2.19 bits per heavy atom. The van der Waals surface area contributed by atoms with Crippen molar-refractivity contribution in [2.75, 3.05) is 37.5 Å². The summed E-state index contributed by atoms with van der Waals surface area (Å²) in [5.41, 5.74) is 3.39. The molecule has 1 heterocycles. The minimum atomic E-state index is -0.317. The maximum atomic E-state index is 13.3. The third-order valence-electron chi connectivity index (χ3n) is 6.53. The summed E-state index contributed by atoms with van der Waals surface area (Å²) < 4.78 is 10.6. The predicted octanol–water partition coefficient (Wildman–Crippen LogP) is 5.12. The van der Waals surface area contributed by atoms with Crippen molar-refractivity contribution in [3.8, 4) is 11.5 Å². The molecule has 1 fully saturated rings. The first-order valence-electron chi connectivity index (χ1n) is 12.2. The van der Waals surface area contributed by atoms with E-state index in [-0.39, 0.29) is 11.8 Å². The second-order valence-corrected chi connectivity index (χ2v) is 9.13. The second-order valence-electron chi connectivity index (χ2n) is 9.13. The number of carbonyl (C=O) groups is 2. The number of nitrogens with one attached hydrogen (secondary N) is 2. The second kappa shape index (κ2) is 11.6. The summed E-state index contributed by atoms with van der Waals surface area (Å²) in [5.74, 6) is 1.23. The normalized spacial score (nSPS) is 13.7. The minimum Gasteiger partial charge on any atom is -0.497 e. The van der Waals surface area contributed by atoms with Gasteiger partial charge in [-0.05, 0) is 54.7 Å². The average molecular weight is 488 g/mol. The summed E-state index contributed by atoms with van der Waals surface area (Å²) in [6, 6.07) is 20.3. The number of anilines is 2. The van der Waals surface area contributed by atoms with Gasteiger partial charge < -0.3 is 25.0 Å². The van der Waals surface area contributed by atoms with Crippen LogP contribution in [0.2, 0.25) is 0 Å². The first-order valence-corrected chi connectivity index (χ1v) is 12.2. The lowest BCUT2D eigenvalue weighted by Gasteiger charge is -2.33. The molecule has 1 saturated heterocycles. The number of rotatable bonds is 8. The van der Waals surface area contributed by atoms with E-state index in [4.69, 9.17) is 9.47 Å². The van der Waals surface area contributed by atoms with E-state index in [0.717, 1.165) is 37.2 Å². The minimum absolute atomic E-state index is 0.174. The molecule has 0 unspecified atom stereocenters. The van der Waals surface area contributed by atoms with Crippen molar-refractivity contribution in [2.24, 2.45) is 5.92 Å². The summed E-state index contributed by atoms with van der Waals surface area (Å²) >= 11 is 0. The number of hydrogen-bond acceptors (Lipinski definition) is 5. The zero-order chi connectivity index (χ0) is 25.5. The predicted molar refractivity (Wildman–Crippen MR) is 142 cm³/mol. The molecule has 188 valence electrons. The van der Waals surface area contributed by atoms with Crippen molar-refractivity contribution in [3.63, 3.8) is 0 Å². The van der Waals surface area contributed by atoms with Crippen molar-refractivity contribution in [1.29, 1.82) is 0 Å². The number of carbonyl (C=O) groups excluding carboxylic acids is 2. The highest BCUT2D eigenvalue weighted by Crippen LogP contribution is 2.29. The van der Waals surface area contributed by atoms with Crippen molar-refractivity contribution < 1.29 is 19.1 Å². The van der Waals surface area contributed by atoms with Crippen LogP contribution in [0.5, 0.6) is 11.5 Å². The Balaban J connectivity index is 1.58. The molecule has 0 saturated carbocycles. The Hall–Kier alpha value is -4.00. The van der Waals surface area contributed by atoms with Gasteiger partial charge >= 0.3 is 0 Å². The van der Waals surface area contributed by atoms with E-state index in [0.29, 0.717) is 40.8 Å². The van der Waals surface area contributed by atoms with Gasteiger partial charge in [-0.25, -0.2) is 0 Å². The fraction of sp³-hybridized carbons (Fsp3) is 0.310. The quantitative estimate of drug-likeness (QED) is 0.461. The van der Waals surface area contributed by atoms with Crippen LogP contribution in [-0.2, 0) is 6.54 Å². The smallest absolute Gasteiger partial charge is 0.255 e. The molecule has 2 N–H and O–H groups in total. The molecule has 0 bridgehead atoms. The van der Waals surface area contributed by atoms with Crippen molar-refractivity contribution in [1.82, 2.24) is 5.32 Å². The molecule has 1 aliphatic heterocycles. The van der Waals surface area contributed by atoms with Gasteiger partial charge in [-0.3, -0.25) is 9.59 Å². The summed E-state index contributed by atoms with van der Waals surface area (Å²) in [7, 11) is 3.08. The number of benzene rings is 3. The van der Waals surface area contributed by atoms with E-state index in [1.165, 1.54) is 14.2 Å². The lowest BCUT2D eigenvalue weighted by atomic mass is 9.97. The van der Waals surface area contributed by atoms with Gasteiger partial charge in [-0.2, -0.15) is 0 Å². The molecule has 0 atom stereocenters. The fourth-order valence-electron chi connectivity index (χ4n) is 4.34. The number of piperidine rings is 1. The van der Waals surface area contributed by atoms with Crippen LogP contribution >= 0.6 is 0 Å². The summed E-state index contributed by atoms with van der Waals surface area (Å²) in [6.45, 7) is 4.48. The molecule has 4 rings (SSSR count). The molecule has 3 aromatic carbocycles. The van der Waals surface area contributed by atoms with Crippen LogP contribution in [0.1, 0.15) is 46.0 Å². The van der Waals surface area contributed by atoms with Gasteiger partial charge in [0.05, 0.1) is 19.8 Å². The standard InChI is InChI=1S/C29H33N3O4/c1-20-11-13-32(14-12-20)27-10-9-23(17-26(27)29(34)30-19-21-7-5-4-6-8-21)31-28(33)22-15-24(35-2)18-25(16-22)36-3/h4-10,15-18,20H,11-14,19H2,1-3H3,(H,30,34)(H,31,33). The van der Waals surface area contributed by atoms with E-state index in [9.17, 15) is 9.59 Å². The van der Waals surface area contributed by atoms with Crippen LogP contribution in [0.15, 0.2) is 66.7 Å². The molecule has 0 spiro atoms. The van der Waals surface area contributed by atoms with Gasteiger partial charge in [0.1, 0.15) is 11.5 Å². The maximum Gasteiger partial charge on any atom is 0.255 e. The van der Waals surface area contributed by atoms with Crippen LogP contribution in [0, 0.1) is 5.92 Å². The molecule has 2 amide bonds. The first-order chi connectivity index (χ1) is 17.5. The van der Waals surface area contributed by atoms with Crippen molar-refractivity contribution >= 4 is 23.2 Å². The fourth-order valence-corrected chi connectivity index (χ4v) is 4.34. The van der Waals surface area contributed by atoms with Crippen LogP contribution in [0.25, 0.3) is 0 Å². The topological polar surface area (TPSA) is 79.9 Å². The van der Waals surface area contributed by atoms with Crippen LogP contribution in [-0.4, -0.2) is 39.1 Å². The molecule has 0 radical (unpaired) electrons. The summed E-state index contributed by atoms with van der Waals surface area (Å²) in [6.07, 6.45) is 2.17. The highest BCUT2D eigenvalue weighted by molar-refractivity contribution is 6.06. The van der Waals surface area contributed by atoms with E-state index >= 15 is 0 Å². The van der Waals surface area contributed by atoms with Crippen molar-refractivity contribution in [2.45, 2.75) is 26.3 Å². The Morgan fingerprint density at radius 2 is 1.56 bits per heavy atom. The van der Waals surface area contributed by atoms with Crippen LogP contribution in [0.4, 0.5) is 11.4 Å². The van der Waals surface area contributed by atoms with Gasteiger partial charge in [-0.15, -0.1) is 0 Å². The monoisotopic (exact) mass is 487 g/mol. The molecule has 7 nitrogen and oxygen atoms in total. The molecule has 1 aliphatic rings. The van der Waals surface area contributed by atoms with Crippen LogP contribution in [0.3, 0.4) is 0 Å². The Morgan fingerprint density at radius 1 is 0.889 bits per heavy atom. The molecule has 0 aliphatic carbocycles. The SMILES string of the molecule is COc1cc(OC)cc(C(=O)Nc2ccc(N3CCC(C)CC3)c(C(=O)NCc3ccccc3)c2)c1. The molecule has 0 aromatic heterocycles. The van der Waals surface area contributed by atoms with Gasteiger partial charge in [0.25, 0.3) is 11.8 Å². The summed E-state index contributed by atoms with van der Waals surface area (Å²) in [5, 5.41) is 5.95. The third kappa shape index (κ3) is 6.16. The largest absolute Gasteiger partial charge is 0.497 e. The van der Waals surface area contributed by atoms with E-state index < -0.39 is 0 Å². The number of nitrogens with zero attached hydrogens (tertiary/aromatic N) is 1. The Bertz CT molecular complexity index is 1180. The zero-order valence-corrected chi connectivity index (χ0v) is 21.0. The highest BCUT2D eigenvalue weighted by Gasteiger charge is 2.22. The van der Waals surface area contributed by atoms with Gasteiger partial charge in [0, 0.05) is 42.6 Å². The first kappa shape index (κ1) is 25.1. The molecule has 36 heavy (non-hydrogen) atoms. The maximum absolute atomic E-state index is 13.3. The molecular formula is C29H33N3O4. The third-order valence-corrected chi connectivity index (χ3v) is 6.53.